The highest BCUT2D eigenvalue weighted by Gasteiger charge is 2.17. The van der Waals surface area contributed by atoms with Gasteiger partial charge in [-0.3, -0.25) is 9.59 Å². The Hall–Kier alpha value is -1.46. The minimum absolute atomic E-state index is 0.285. The first kappa shape index (κ1) is 20.5. The lowest BCUT2D eigenvalue weighted by Crippen LogP contribution is -2.13. The molecular weight excluding hydrogens is 331 g/mol. The number of carbonyl (C=O) groups is 2. The second-order valence-corrected chi connectivity index (χ2v) is 5.90. The average Bonchev–Trinajstić information content (AvgIpc) is 2.44. The molecule has 0 radical (unpaired) electrons. The molecule has 0 aliphatic carbocycles. The second-order valence-electron chi connectivity index (χ2n) is 5.21. The summed E-state index contributed by atoms with van der Waals surface area (Å²) in [5.74, 6) is 1.24. The van der Waals surface area contributed by atoms with Crippen molar-refractivity contribution in [3.8, 4) is 17.2 Å². The Morgan fingerprint density at radius 2 is 1.27 bits per heavy atom. The summed E-state index contributed by atoms with van der Waals surface area (Å²) in [5.41, 5.74) is -0.0761. The third kappa shape index (κ3) is 6.12. The monoisotopic (exact) mass is 350 g/mol. The average molecular weight is 351 g/mol. The quantitative estimate of drug-likeness (QED) is 0.770. The molecule has 0 atom stereocenters. The highest BCUT2D eigenvalue weighted by Crippen LogP contribution is 2.38. The van der Waals surface area contributed by atoms with Crippen LogP contribution in [0.3, 0.4) is 0 Å². The second kappa shape index (κ2) is 8.86. The van der Waals surface area contributed by atoms with Gasteiger partial charge in [0.25, 0.3) is 5.24 Å². The zero-order chi connectivity index (χ0) is 17.5. The lowest BCUT2D eigenvalue weighted by atomic mass is 10.00. The molecule has 0 unspecified atom stereocenters. The Labute approximate surface area is 140 Å². The topological polar surface area (TPSA) is 61.8 Å². The van der Waals surface area contributed by atoms with Crippen molar-refractivity contribution in [1.29, 1.82) is 0 Å². The van der Waals surface area contributed by atoms with E-state index in [0.717, 1.165) is 0 Å². The van der Waals surface area contributed by atoms with E-state index in [9.17, 15) is 9.59 Å². The normalized spacial score (nSPS) is 10.2. The van der Waals surface area contributed by atoms with Gasteiger partial charge in [0.2, 0.25) is 11.0 Å². The molecule has 0 saturated heterocycles. The van der Waals surface area contributed by atoms with E-state index in [2.05, 4.69) is 0 Å². The van der Waals surface area contributed by atoms with Crippen LogP contribution in [0.1, 0.15) is 31.1 Å². The Morgan fingerprint density at radius 3 is 1.45 bits per heavy atom. The van der Waals surface area contributed by atoms with E-state index in [1.807, 2.05) is 0 Å². The summed E-state index contributed by atoms with van der Waals surface area (Å²) in [6.45, 7) is 5.34. The van der Waals surface area contributed by atoms with Crippen molar-refractivity contribution >= 4 is 33.7 Å². The standard InChI is InChI=1S/C10H11ClO4.C5H9ClO/c1-13-7-4-6(10(11)12)5-8(14-2)9(7)15-3;1-5(2,3)4(6)7/h4-5H,1-3H3;1-3H3. The van der Waals surface area contributed by atoms with Gasteiger partial charge in [-0.15, -0.1) is 0 Å². The van der Waals surface area contributed by atoms with Crippen molar-refractivity contribution < 1.29 is 23.8 Å². The molecule has 22 heavy (non-hydrogen) atoms. The van der Waals surface area contributed by atoms with Crippen LogP contribution in [-0.2, 0) is 4.79 Å². The van der Waals surface area contributed by atoms with Crippen LogP contribution in [0.2, 0.25) is 0 Å². The zero-order valence-corrected chi connectivity index (χ0v) is 15.0. The van der Waals surface area contributed by atoms with E-state index < -0.39 is 5.24 Å². The number of benzene rings is 1. The van der Waals surface area contributed by atoms with Gasteiger partial charge in [-0.1, -0.05) is 20.8 Å². The van der Waals surface area contributed by atoms with Gasteiger partial charge < -0.3 is 14.2 Å². The lowest BCUT2D eigenvalue weighted by Gasteiger charge is -2.12. The van der Waals surface area contributed by atoms with E-state index in [0.29, 0.717) is 22.8 Å². The first-order valence-electron chi connectivity index (χ1n) is 6.28. The van der Waals surface area contributed by atoms with Gasteiger partial charge >= 0.3 is 0 Å². The van der Waals surface area contributed by atoms with Crippen molar-refractivity contribution in [1.82, 2.24) is 0 Å². The van der Waals surface area contributed by atoms with Gasteiger partial charge in [0, 0.05) is 11.0 Å². The third-order valence-corrected chi connectivity index (χ3v) is 3.27. The highest BCUT2D eigenvalue weighted by atomic mass is 35.5. The number of carbonyl (C=O) groups excluding carboxylic acids is 2. The Bertz CT molecular complexity index is 510. The summed E-state index contributed by atoms with van der Waals surface area (Å²) in [6, 6.07) is 2.99. The van der Waals surface area contributed by atoms with Gasteiger partial charge in [-0.05, 0) is 35.3 Å². The molecular formula is C15H20Cl2O5. The summed E-state index contributed by atoms with van der Waals surface area (Å²) in [4.78, 5) is 21.2. The summed E-state index contributed by atoms with van der Waals surface area (Å²) >= 11 is 10.5. The third-order valence-electron chi connectivity index (χ3n) is 2.48. The SMILES string of the molecule is CC(C)(C)C(=O)Cl.COc1cc(C(=O)Cl)cc(OC)c1OC. The number of hydrogen-bond donors (Lipinski definition) is 0. The molecule has 0 saturated carbocycles. The molecule has 1 aromatic rings. The summed E-state index contributed by atoms with van der Waals surface area (Å²) < 4.78 is 15.2. The van der Waals surface area contributed by atoms with Crippen molar-refractivity contribution in [2.45, 2.75) is 20.8 Å². The first-order chi connectivity index (χ1) is 10.1. The maximum Gasteiger partial charge on any atom is 0.252 e. The van der Waals surface area contributed by atoms with E-state index >= 15 is 0 Å². The Balaban J connectivity index is 0.000000534. The van der Waals surface area contributed by atoms with Crippen LogP contribution in [0.15, 0.2) is 12.1 Å². The smallest absolute Gasteiger partial charge is 0.252 e. The molecule has 0 aliphatic rings. The molecule has 0 bridgehead atoms. The van der Waals surface area contributed by atoms with E-state index in [1.54, 1.807) is 20.8 Å². The first-order valence-corrected chi connectivity index (χ1v) is 7.03. The number of rotatable bonds is 4. The molecule has 5 nitrogen and oxygen atoms in total. The van der Waals surface area contributed by atoms with Crippen LogP contribution < -0.4 is 14.2 Å². The minimum atomic E-state index is -0.575. The summed E-state index contributed by atoms with van der Waals surface area (Å²) in [5, 5.41) is -0.859. The van der Waals surface area contributed by atoms with Gasteiger partial charge in [-0.2, -0.15) is 0 Å². The van der Waals surface area contributed by atoms with Crippen LogP contribution in [0.5, 0.6) is 17.2 Å². The molecule has 1 rings (SSSR count). The molecule has 0 fully saturated rings. The molecule has 0 aliphatic heterocycles. The van der Waals surface area contributed by atoms with E-state index in [4.69, 9.17) is 37.4 Å². The van der Waals surface area contributed by atoms with Gasteiger partial charge in [-0.25, -0.2) is 0 Å². The van der Waals surface area contributed by atoms with Crippen molar-refractivity contribution in [2.24, 2.45) is 5.41 Å². The Morgan fingerprint density at radius 1 is 0.909 bits per heavy atom. The Kier molecular flexibility index (Phi) is 8.27. The fourth-order valence-electron chi connectivity index (χ4n) is 1.19. The molecule has 7 heteroatoms. The predicted octanol–water partition coefficient (Wildman–Crippen LogP) is 3.89. The molecule has 0 N–H and O–H groups in total. The van der Waals surface area contributed by atoms with Crippen LogP contribution >= 0.6 is 23.2 Å². The van der Waals surface area contributed by atoms with Crippen LogP contribution in [-0.4, -0.2) is 31.8 Å². The fourth-order valence-corrected chi connectivity index (χ4v) is 1.30. The van der Waals surface area contributed by atoms with Crippen LogP contribution in [0.25, 0.3) is 0 Å². The molecule has 124 valence electrons. The maximum atomic E-state index is 11.0. The van der Waals surface area contributed by atoms with Gasteiger partial charge in [0.15, 0.2) is 11.5 Å². The molecule has 1 aromatic carbocycles. The molecule has 0 aromatic heterocycles. The van der Waals surface area contributed by atoms with E-state index in [1.165, 1.54) is 33.5 Å². The summed E-state index contributed by atoms with van der Waals surface area (Å²) in [7, 11) is 4.43. The molecule has 0 heterocycles. The van der Waals surface area contributed by atoms with Gasteiger partial charge in [0.05, 0.1) is 21.3 Å². The zero-order valence-electron chi connectivity index (χ0n) is 13.5. The largest absolute Gasteiger partial charge is 0.493 e. The number of hydrogen-bond acceptors (Lipinski definition) is 5. The van der Waals surface area contributed by atoms with Crippen molar-refractivity contribution in [3.63, 3.8) is 0 Å². The molecule has 0 amide bonds. The number of ether oxygens (including phenoxy) is 3. The van der Waals surface area contributed by atoms with Crippen molar-refractivity contribution in [3.05, 3.63) is 17.7 Å². The van der Waals surface area contributed by atoms with Gasteiger partial charge in [0.1, 0.15) is 0 Å². The van der Waals surface area contributed by atoms with Crippen LogP contribution in [0, 0.1) is 5.41 Å². The number of methoxy groups -OCH3 is 3. The summed E-state index contributed by atoms with van der Waals surface area (Å²) in [6.07, 6.45) is 0. The predicted molar refractivity (Wildman–Crippen MR) is 86.6 cm³/mol. The van der Waals surface area contributed by atoms with Crippen LogP contribution in [0.4, 0.5) is 0 Å². The maximum absolute atomic E-state index is 11.0. The minimum Gasteiger partial charge on any atom is -0.493 e. The van der Waals surface area contributed by atoms with Crippen molar-refractivity contribution in [2.75, 3.05) is 21.3 Å². The number of halogens is 2. The lowest BCUT2D eigenvalue weighted by molar-refractivity contribution is -0.118. The highest BCUT2D eigenvalue weighted by molar-refractivity contribution is 6.67. The molecule has 0 spiro atoms. The van der Waals surface area contributed by atoms with E-state index in [-0.39, 0.29) is 10.7 Å². The fraction of sp³-hybridized carbons (Fsp3) is 0.467.